The Hall–Kier alpha value is -2.04. The summed E-state index contributed by atoms with van der Waals surface area (Å²) in [7, 11) is 0. The number of benzene rings is 1. The summed E-state index contributed by atoms with van der Waals surface area (Å²) >= 11 is 0. The molecule has 3 amide bonds. The minimum absolute atomic E-state index is 0.128. The molecule has 1 atom stereocenters. The van der Waals surface area contributed by atoms with E-state index >= 15 is 0 Å². The van der Waals surface area contributed by atoms with E-state index in [0.717, 1.165) is 6.42 Å². The molecule has 5 heteroatoms. The molecule has 1 aromatic carbocycles. The molecular weight excluding hydrogens is 230 g/mol. The van der Waals surface area contributed by atoms with Gasteiger partial charge in [-0.1, -0.05) is 13.0 Å². The van der Waals surface area contributed by atoms with Crippen LogP contribution >= 0.6 is 0 Å². The number of hydrogen-bond donors (Lipinski definition) is 3. The van der Waals surface area contributed by atoms with E-state index in [1.165, 1.54) is 6.92 Å². The van der Waals surface area contributed by atoms with Crippen LogP contribution in [-0.2, 0) is 4.79 Å². The van der Waals surface area contributed by atoms with Crippen molar-refractivity contribution in [2.24, 2.45) is 0 Å². The first-order valence-corrected chi connectivity index (χ1v) is 5.96. The molecular formula is C13H19N3O2. The molecule has 0 aliphatic heterocycles. The molecule has 0 bridgehead atoms. The molecule has 0 heterocycles. The molecule has 1 aromatic rings. The fourth-order valence-electron chi connectivity index (χ4n) is 1.37. The number of nitrogens with one attached hydrogen (secondary N) is 3. The maximum absolute atomic E-state index is 11.6. The summed E-state index contributed by atoms with van der Waals surface area (Å²) in [5, 5.41) is 8.18. The van der Waals surface area contributed by atoms with E-state index in [2.05, 4.69) is 16.0 Å². The predicted molar refractivity (Wildman–Crippen MR) is 72.7 cm³/mol. The van der Waals surface area contributed by atoms with E-state index in [9.17, 15) is 9.59 Å². The lowest BCUT2D eigenvalue weighted by molar-refractivity contribution is -0.114. The third-order valence-electron chi connectivity index (χ3n) is 2.43. The van der Waals surface area contributed by atoms with E-state index in [1.807, 2.05) is 13.8 Å². The zero-order valence-corrected chi connectivity index (χ0v) is 10.9. The average Bonchev–Trinajstić information content (AvgIpc) is 2.28. The zero-order chi connectivity index (χ0) is 13.5. The molecule has 0 fully saturated rings. The quantitative estimate of drug-likeness (QED) is 0.767. The first-order valence-electron chi connectivity index (χ1n) is 5.96. The fraction of sp³-hybridized carbons (Fsp3) is 0.385. The van der Waals surface area contributed by atoms with Crippen molar-refractivity contribution in [1.29, 1.82) is 0 Å². The molecule has 18 heavy (non-hydrogen) atoms. The first-order chi connectivity index (χ1) is 8.51. The number of urea groups is 1. The van der Waals surface area contributed by atoms with Crippen LogP contribution in [-0.4, -0.2) is 18.0 Å². The summed E-state index contributed by atoms with van der Waals surface area (Å²) < 4.78 is 0. The second-order valence-corrected chi connectivity index (χ2v) is 4.17. The van der Waals surface area contributed by atoms with Crippen molar-refractivity contribution in [3.63, 3.8) is 0 Å². The number of amides is 3. The van der Waals surface area contributed by atoms with Gasteiger partial charge in [-0.05, 0) is 31.5 Å². The van der Waals surface area contributed by atoms with Gasteiger partial charge in [-0.25, -0.2) is 4.79 Å². The number of carbonyl (C=O) groups excluding carboxylic acids is 2. The Morgan fingerprint density at radius 2 is 1.83 bits per heavy atom. The number of carbonyl (C=O) groups is 2. The van der Waals surface area contributed by atoms with E-state index in [4.69, 9.17) is 0 Å². The zero-order valence-electron chi connectivity index (χ0n) is 10.9. The lowest BCUT2D eigenvalue weighted by atomic mass is 10.2. The normalized spacial score (nSPS) is 11.5. The second-order valence-electron chi connectivity index (χ2n) is 4.17. The van der Waals surface area contributed by atoms with Crippen molar-refractivity contribution in [1.82, 2.24) is 5.32 Å². The molecule has 3 N–H and O–H groups in total. The van der Waals surface area contributed by atoms with Crippen LogP contribution in [0.5, 0.6) is 0 Å². The van der Waals surface area contributed by atoms with E-state index in [0.29, 0.717) is 11.4 Å². The highest BCUT2D eigenvalue weighted by atomic mass is 16.2. The summed E-state index contributed by atoms with van der Waals surface area (Å²) in [5.41, 5.74) is 1.30. The van der Waals surface area contributed by atoms with Gasteiger partial charge in [0.05, 0.1) is 0 Å². The molecule has 0 aliphatic carbocycles. The first kappa shape index (κ1) is 14.0. The van der Waals surface area contributed by atoms with Gasteiger partial charge >= 0.3 is 6.03 Å². The average molecular weight is 249 g/mol. The lowest BCUT2D eigenvalue weighted by Crippen LogP contribution is -2.35. The molecule has 1 unspecified atom stereocenters. The SMILES string of the molecule is CCC(C)NC(=O)Nc1cccc(NC(C)=O)c1. The van der Waals surface area contributed by atoms with Gasteiger partial charge in [-0.3, -0.25) is 4.79 Å². The molecule has 1 rings (SSSR count). The molecule has 0 spiro atoms. The van der Waals surface area contributed by atoms with Gasteiger partial charge in [0.2, 0.25) is 5.91 Å². The van der Waals surface area contributed by atoms with E-state index in [-0.39, 0.29) is 18.0 Å². The number of anilines is 2. The topological polar surface area (TPSA) is 70.2 Å². The lowest BCUT2D eigenvalue weighted by Gasteiger charge is -2.13. The number of hydrogen-bond acceptors (Lipinski definition) is 2. The van der Waals surface area contributed by atoms with Gasteiger partial charge < -0.3 is 16.0 Å². The molecule has 0 saturated carbocycles. The van der Waals surface area contributed by atoms with Crippen LogP contribution in [0.15, 0.2) is 24.3 Å². The summed E-state index contributed by atoms with van der Waals surface area (Å²) in [6.07, 6.45) is 0.874. The molecule has 0 aliphatic rings. The minimum atomic E-state index is -0.246. The maximum atomic E-state index is 11.6. The Morgan fingerprint density at radius 1 is 1.22 bits per heavy atom. The highest BCUT2D eigenvalue weighted by Gasteiger charge is 2.05. The predicted octanol–water partition coefficient (Wildman–Crippen LogP) is 2.57. The fourth-order valence-corrected chi connectivity index (χ4v) is 1.37. The van der Waals surface area contributed by atoms with Crippen molar-refractivity contribution >= 4 is 23.3 Å². The van der Waals surface area contributed by atoms with E-state index < -0.39 is 0 Å². The van der Waals surface area contributed by atoms with Crippen molar-refractivity contribution in [3.05, 3.63) is 24.3 Å². The smallest absolute Gasteiger partial charge is 0.319 e. The van der Waals surface area contributed by atoms with Crippen LogP contribution in [0.25, 0.3) is 0 Å². The second kappa shape index (κ2) is 6.64. The van der Waals surface area contributed by atoms with Crippen LogP contribution < -0.4 is 16.0 Å². The maximum Gasteiger partial charge on any atom is 0.319 e. The number of rotatable bonds is 4. The Bertz CT molecular complexity index is 432. The third-order valence-corrected chi connectivity index (χ3v) is 2.43. The summed E-state index contributed by atoms with van der Waals surface area (Å²) in [6.45, 7) is 5.38. The van der Waals surface area contributed by atoms with Gasteiger partial charge in [0.25, 0.3) is 0 Å². The van der Waals surface area contributed by atoms with Crippen molar-refractivity contribution in [2.75, 3.05) is 10.6 Å². The standard InChI is InChI=1S/C13H19N3O2/c1-4-9(2)14-13(18)16-12-7-5-6-11(8-12)15-10(3)17/h5-9H,4H2,1-3H3,(H,15,17)(H2,14,16,18). The Balaban J connectivity index is 2.61. The third kappa shape index (κ3) is 4.86. The van der Waals surface area contributed by atoms with Crippen molar-refractivity contribution in [3.8, 4) is 0 Å². The highest BCUT2D eigenvalue weighted by Crippen LogP contribution is 2.14. The minimum Gasteiger partial charge on any atom is -0.335 e. The van der Waals surface area contributed by atoms with Gasteiger partial charge in [-0.2, -0.15) is 0 Å². The van der Waals surface area contributed by atoms with Crippen LogP contribution in [0.3, 0.4) is 0 Å². The molecule has 5 nitrogen and oxygen atoms in total. The van der Waals surface area contributed by atoms with Gasteiger partial charge in [-0.15, -0.1) is 0 Å². The molecule has 98 valence electrons. The molecule has 0 aromatic heterocycles. The van der Waals surface area contributed by atoms with Gasteiger partial charge in [0.15, 0.2) is 0 Å². The Kier molecular flexibility index (Phi) is 5.17. The van der Waals surface area contributed by atoms with Crippen LogP contribution in [0.2, 0.25) is 0 Å². The highest BCUT2D eigenvalue weighted by molar-refractivity contribution is 5.92. The monoisotopic (exact) mass is 249 g/mol. The van der Waals surface area contributed by atoms with Crippen LogP contribution in [0.1, 0.15) is 27.2 Å². The summed E-state index contributed by atoms with van der Waals surface area (Å²) in [5.74, 6) is -0.142. The van der Waals surface area contributed by atoms with Gasteiger partial charge in [0, 0.05) is 24.3 Å². The summed E-state index contributed by atoms with van der Waals surface area (Å²) in [4.78, 5) is 22.5. The van der Waals surface area contributed by atoms with Crippen LogP contribution in [0.4, 0.5) is 16.2 Å². The van der Waals surface area contributed by atoms with Crippen LogP contribution in [0, 0.1) is 0 Å². The van der Waals surface area contributed by atoms with E-state index in [1.54, 1.807) is 24.3 Å². The molecule has 0 saturated heterocycles. The van der Waals surface area contributed by atoms with Gasteiger partial charge in [0.1, 0.15) is 0 Å². The summed E-state index contributed by atoms with van der Waals surface area (Å²) in [6, 6.07) is 6.88. The van der Waals surface area contributed by atoms with Crippen molar-refractivity contribution in [2.45, 2.75) is 33.2 Å². The largest absolute Gasteiger partial charge is 0.335 e. The Labute approximate surface area is 107 Å². The Morgan fingerprint density at radius 3 is 2.39 bits per heavy atom. The molecule has 0 radical (unpaired) electrons. The van der Waals surface area contributed by atoms with Crippen molar-refractivity contribution < 1.29 is 9.59 Å².